The van der Waals surface area contributed by atoms with Gasteiger partial charge in [-0.2, -0.15) is 0 Å². The zero-order chi connectivity index (χ0) is 14.0. The molecule has 0 fully saturated rings. The van der Waals surface area contributed by atoms with Crippen molar-refractivity contribution in [3.05, 3.63) is 28.3 Å². The van der Waals surface area contributed by atoms with Crippen molar-refractivity contribution in [3.63, 3.8) is 0 Å². The van der Waals surface area contributed by atoms with E-state index in [1.165, 1.54) is 0 Å². The Hall–Kier alpha value is -1.22. The molecule has 0 saturated carbocycles. The number of fused-ring (bicyclic) bond motifs is 1. The summed E-state index contributed by atoms with van der Waals surface area (Å²) in [4.78, 5) is 11.4. The van der Waals surface area contributed by atoms with Crippen molar-refractivity contribution in [1.82, 2.24) is 0 Å². The third kappa shape index (κ3) is 3.41. The topological polar surface area (TPSA) is 46.5 Å². The third-order valence-corrected chi connectivity index (χ3v) is 3.62. The van der Waals surface area contributed by atoms with Gasteiger partial charge in [0.15, 0.2) is 0 Å². The average Bonchev–Trinajstić information content (AvgIpc) is 2.75. The lowest BCUT2D eigenvalue weighted by atomic mass is 9.90. The lowest BCUT2D eigenvalue weighted by Crippen LogP contribution is -2.19. The van der Waals surface area contributed by atoms with E-state index in [0.29, 0.717) is 30.4 Å². The van der Waals surface area contributed by atoms with Gasteiger partial charge < -0.3 is 9.84 Å². The molecule has 0 amide bonds. The van der Waals surface area contributed by atoms with Gasteiger partial charge in [0.1, 0.15) is 5.75 Å². The molecule has 0 saturated heterocycles. The summed E-state index contributed by atoms with van der Waals surface area (Å²) in [5.41, 5.74) is 2.02. The van der Waals surface area contributed by atoms with E-state index in [2.05, 4.69) is 0 Å². The molecule has 0 bridgehead atoms. The highest BCUT2D eigenvalue weighted by Gasteiger charge is 2.24. The number of carboxylic acids is 1. The second-order valence-electron chi connectivity index (χ2n) is 5.52. The number of ether oxygens (including phenoxy) is 1. The van der Waals surface area contributed by atoms with Gasteiger partial charge in [-0.05, 0) is 42.0 Å². The van der Waals surface area contributed by atoms with Gasteiger partial charge in [-0.25, -0.2) is 0 Å². The van der Waals surface area contributed by atoms with Crippen LogP contribution in [0.2, 0.25) is 5.02 Å². The highest BCUT2D eigenvalue weighted by atomic mass is 35.5. The van der Waals surface area contributed by atoms with Gasteiger partial charge in [-0.15, -0.1) is 0 Å². The zero-order valence-corrected chi connectivity index (χ0v) is 12.0. The Morgan fingerprint density at radius 3 is 2.84 bits per heavy atom. The Morgan fingerprint density at radius 2 is 2.21 bits per heavy atom. The summed E-state index contributed by atoms with van der Waals surface area (Å²) in [6.07, 6.45) is 2.00. The minimum atomic E-state index is -0.750. The summed E-state index contributed by atoms with van der Waals surface area (Å²) in [5, 5.41) is 9.99. The first kappa shape index (κ1) is 14.2. The molecule has 0 aromatic heterocycles. The smallest absolute Gasteiger partial charge is 0.306 e. The maximum atomic E-state index is 11.4. The van der Waals surface area contributed by atoms with Gasteiger partial charge >= 0.3 is 5.97 Å². The predicted molar refractivity (Wildman–Crippen MR) is 74.9 cm³/mol. The van der Waals surface area contributed by atoms with Crippen LogP contribution in [-0.4, -0.2) is 17.7 Å². The lowest BCUT2D eigenvalue weighted by molar-refractivity contribution is -0.142. The average molecular weight is 283 g/mol. The normalized spacial score (nSPS) is 15.2. The standard InChI is InChI=1S/C15H19ClO3/c1-9(2)5-12(15(17)18)6-11-8-13(16)7-10-3-4-19-14(10)11/h7-9,12H,3-6H2,1-2H3,(H,17,18). The van der Waals surface area contributed by atoms with Gasteiger partial charge in [0.05, 0.1) is 12.5 Å². The molecule has 3 nitrogen and oxygen atoms in total. The summed E-state index contributed by atoms with van der Waals surface area (Å²) >= 11 is 6.09. The largest absolute Gasteiger partial charge is 0.493 e. The van der Waals surface area contributed by atoms with E-state index in [4.69, 9.17) is 16.3 Å². The van der Waals surface area contributed by atoms with Crippen LogP contribution in [-0.2, 0) is 17.6 Å². The second-order valence-corrected chi connectivity index (χ2v) is 5.96. The minimum Gasteiger partial charge on any atom is -0.493 e. The third-order valence-electron chi connectivity index (χ3n) is 3.40. The Morgan fingerprint density at radius 1 is 1.47 bits per heavy atom. The van der Waals surface area contributed by atoms with Crippen LogP contribution < -0.4 is 4.74 Å². The summed E-state index contributed by atoms with van der Waals surface area (Å²) in [6.45, 7) is 4.73. The van der Waals surface area contributed by atoms with Crippen LogP contribution in [0.25, 0.3) is 0 Å². The molecular weight excluding hydrogens is 264 g/mol. The minimum absolute atomic E-state index is 0.356. The Kier molecular flexibility index (Phi) is 4.35. The fraction of sp³-hybridized carbons (Fsp3) is 0.533. The molecule has 0 spiro atoms. The predicted octanol–water partition coefficient (Wildman–Crippen LogP) is 3.56. The van der Waals surface area contributed by atoms with Gasteiger partial charge in [-0.1, -0.05) is 25.4 Å². The highest BCUT2D eigenvalue weighted by molar-refractivity contribution is 6.30. The van der Waals surface area contributed by atoms with Gasteiger partial charge in [0, 0.05) is 11.4 Å². The maximum absolute atomic E-state index is 11.4. The molecule has 1 aliphatic rings. The SMILES string of the molecule is CC(C)CC(Cc1cc(Cl)cc2c1OCC2)C(=O)O. The number of aliphatic carboxylic acids is 1. The van der Waals surface area contributed by atoms with Crippen molar-refractivity contribution in [2.24, 2.45) is 11.8 Å². The molecule has 0 radical (unpaired) electrons. The fourth-order valence-corrected chi connectivity index (χ4v) is 2.87. The van der Waals surface area contributed by atoms with Crippen molar-refractivity contribution in [2.45, 2.75) is 33.1 Å². The van der Waals surface area contributed by atoms with E-state index in [1.807, 2.05) is 26.0 Å². The van der Waals surface area contributed by atoms with Crippen LogP contribution in [0.1, 0.15) is 31.4 Å². The number of rotatable bonds is 5. The molecule has 1 atom stereocenters. The first-order chi connectivity index (χ1) is 8.97. The summed E-state index contributed by atoms with van der Waals surface area (Å²) < 4.78 is 5.62. The molecule has 1 aromatic rings. The molecule has 104 valence electrons. The summed E-state index contributed by atoms with van der Waals surface area (Å²) in [6, 6.07) is 3.74. The second kappa shape index (κ2) is 5.83. The zero-order valence-electron chi connectivity index (χ0n) is 11.3. The van der Waals surface area contributed by atoms with Gasteiger partial charge in [-0.3, -0.25) is 4.79 Å². The van der Waals surface area contributed by atoms with Gasteiger partial charge in [0.2, 0.25) is 0 Å². The van der Waals surface area contributed by atoms with Crippen molar-refractivity contribution in [3.8, 4) is 5.75 Å². The van der Waals surface area contributed by atoms with E-state index < -0.39 is 5.97 Å². The number of carboxylic acid groups (broad SMARTS) is 1. The highest BCUT2D eigenvalue weighted by Crippen LogP contribution is 2.35. The molecule has 19 heavy (non-hydrogen) atoms. The Balaban J connectivity index is 2.24. The molecule has 2 rings (SSSR count). The quantitative estimate of drug-likeness (QED) is 0.898. The number of carbonyl (C=O) groups is 1. The van der Waals surface area contributed by atoms with Crippen molar-refractivity contribution in [1.29, 1.82) is 0 Å². The number of halogens is 1. The molecule has 1 aromatic carbocycles. The lowest BCUT2D eigenvalue weighted by Gasteiger charge is -2.16. The molecule has 1 unspecified atom stereocenters. The summed E-state index contributed by atoms with van der Waals surface area (Å²) in [7, 11) is 0. The Labute approximate surface area is 118 Å². The number of hydrogen-bond donors (Lipinski definition) is 1. The van der Waals surface area contributed by atoms with Crippen molar-refractivity contribution >= 4 is 17.6 Å². The van der Waals surface area contributed by atoms with Crippen LogP contribution in [0, 0.1) is 11.8 Å². The monoisotopic (exact) mass is 282 g/mol. The van der Waals surface area contributed by atoms with E-state index in [-0.39, 0.29) is 5.92 Å². The van der Waals surface area contributed by atoms with Crippen molar-refractivity contribution in [2.75, 3.05) is 6.61 Å². The van der Waals surface area contributed by atoms with Crippen LogP contribution in [0.4, 0.5) is 0 Å². The van der Waals surface area contributed by atoms with E-state index in [9.17, 15) is 9.90 Å². The molecule has 0 aliphatic carbocycles. The van der Waals surface area contributed by atoms with Crippen LogP contribution in [0.15, 0.2) is 12.1 Å². The first-order valence-corrected chi connectivity index (χ1v) is 7.02. The molecular formula is C15H19ClO3. The molecule has 1 aliphatic heterocycles. The molecule has 1 heterocycles. The molecule has 4 heteroatoms. The maximum Gasteiger partial charge on any atom is 0.306 e. The first-order valence-electron chi connectivity index (χ1n) is 6.64. The number of hydrogen-bond acceptors (Lipinski definition) is 2. The number of benzene rings is 1. The van der Waals surface area contributed by atoms with E-state index in [0.717, 1.165) is 23.3 Å². The van der Waals surface area contributed by atoms with E-state index >= 15 is 0 Å². The van der Waals surface area contributed by atoms with Crippen molar-refractivity contribution < 1.29 is 14.6 Å². The van der Waals surface area contributed by atoms with Crippen LogP contribution >= 0.6 is 11.6 Å². The van der Waals surface area contributed by atoms with E-state index in [1.54, 1.807) is 0 Å². The Bertz CT molecular complexity index is 483. The van der Waals surface area contributed by atoms with Crippen LogP contribution in [0.5, 0.6) is 5.75 Å². The molecule has 1 N–H and O–H groups in total. The summed E-state index contributed by atoms with van der Waals surface area (Å²) in [5.74, 6) is 0.0702. The fourth-order valence-electron chi connectivity index (χ4n) is 2.60. The van der Waals surface area contributed by atoms with Crippen LogP contribution in [0.3, 0.4) is 0 Å². The van der Waals surface area contributed by atoms with Gasteiger partial charge in [0.25, 0.3) is 0 Å².